The zero-order valence-electron chi connectivity index (χ0n) is 14.1. The second-order valence-corrected chi connectivity index (χ2v) is 6.51. The van der Waals surface area contributed by atoms with Gasteiger partial charge in [-0.3, -0.25) is 0 Å². The van der Waals surface area contributed by atoms with Crippen LogP contribution in [0.25, 0.3) is 0 Å². The summed E-state index contributed by atoms with van der Waals surface area (Å²) in [6, 6.07) is 29.2. The fraction of sp³-hybridized carbons (Fsp3) is 0.174. The highest BCUT2D eigenvalue weighted by atomic mass is 16.5. The van der Waals surface area contributed by atoms with Crippen molar-refractivity contribution >= 4 is 5.97 Å². The van der Waals surface area contributed by atoms with Gasteiger partial charge in [0, 0.05) is 0 Å². The van der Waals surface area contributed by atoms with Gasteiger partial charge >= 0.3 is 5.97 Å². The van der Waals surface area contributed by atoms with E-state index in [1.165, 1.54) is 23.8 Å². The van der Waals surface area contributed by atoms with Crippen molar-refractivity contribution in [2.45, 2.75) is 17.8 Å². The lowest BCUT2D eigenvalue weighted by Crippen LogP contribution is -2.00. The number of benzene rings is 3. The highest BCUT2D eigenvalue weighted by molar-refractivity contribution is 5.89. The van der Waals surface area contributed by atoms with Crippen molar-refractivity contribution in [2.24, 2.45) is 0 Å². The highest BCUT2D eigenvalue weighted by Crippen LogP contribution is 2.66. The summed E-state index contributed by atoms with van der Waals surface area (Å²) in [5, 5.41) is 0. The highest BCUT2D eigenvalue weighted by Gasteiger charge is 2.52. The van der Waals surface area contributed by atoms with Crippen molar-refractivity contribution in [3.63, 3.8) is 0 Å². The molecule has 3 aromatic rings. The van der Waals surface area contributed by atoms with Crippen molar-refractivity contribution in [1.82, 2.24) is 0 Å². The third kappa shape index (κ3) is 2.96. The van der Waals surface area contributed by atoms with Gasteiger partial charge in [0.05, 0.1) is 12.7 Å². The maximum Gasteiger partial charge on any atom is 0.337 e. The monoisotopic (exact) mass is 328 g/mol. The molecular formula is C23H20O2. The molecule has 0 amide bonds. The molecule has 2 atom stereocenters. The van der Waals surface area contributed by atoms with Gasteiger partial charge in [0.1, 0.15) is 0 Å². The molecule has 1 saturated carbocycles. The fourth-order valence-electron chi connectivity index (χ4n) is 3.86. The molecule has 0 spiro atoms. The minimum atomic E-state index is -0.290. The number of rotatable bonds is 4. The second-order valence-electron chi connectivity index (χ2n) is 6.51. The van der Waals surface area contributed by atoms with Crippen LogP contribution in [0.5, 0.6) is 0 Å². The molecule has 4 rings (SSSR count). The Balaban J connectivity index is 1.68. The largest absolute Gasteiger partial charge is 0.465 e. The molecule has 124 valence electrons. The Morgan fingerprint density at radius 3 is 1.44 bits per heavy atom. The van der Waals surface area contributed by atoms with E-state index in [2.05, 4.69) is 72.8 Å². The minimum absolute atomic E-state index is 0.290. The Kier molecular flexibility index (Phi) is 4.10. The fourth-order valence-corrected chi connectivity index (χ4v) is 3.86. The van der Waals surface area contributed by atoms with Crippen LogP contribution in [0.15, 0.2) is 84.9 Å². The van der Waals surface area contributed by atoms with Crippen LogP contribution in [-0.4, -0.2) is 13.1 Å². The third-order valence-electron chi connectivity index (χ3n) is 5.11. The Morgan fingerprint density at radius 1 is 0.640 bits per heavy atom. The van der Waals surface area contributed by atoms with Gasteiger partial charge in [0.2, 0.25) is 0 Å². The summed E-state index contributed by atoms with van der Waals surface area (Å²) in [5.74, 6) is 1.11. The standard InChI is InChI=1S/C23H20O2/c1-25-23(24)19-14-12-18(13-15-19)22-20(16-8-4-2-5-9-16)21(22)17-10-6-3-7-11-17/h2-15,20-22H,1H3/t20-,21-/m0/s1. The molecule has 1 aliphatic rings. The molecule has 25 heavy (non-hydrogen) atoms. The Hall–Kier alpha value is -2.87. The normalized spacial score (nSPS) is 21.6. The van der Waals surface area contributed by atoms with E-state index in [0.717, 1.165) is 0 Å². The topological polar surface area (TPSA) is 26.3 Å². The molecule has 0 aromatic heterocycles. The minimum Gasteiger partial charge on any atom is -0.465 e. The summed E-state index contributed by atoms with van der Waals surface area (Å²) < 4.78 is 4.79. The predicted octanol–water partition coefficient (Wildman–Crippen LogP) is 5.14. The Labute approximate surface area is 148 Å². The number of hydrogen-bond acceptors (Lipinski definition) is 2. The SMILES string of the molecule is COC(=O)c1ccc(C2[C@@H](c3ccccc3)[C@@H]2c2ccccc2)cc1. The van der Waals surface area contributed by atoms with Crippen molar-refractivity contribution in [3.05, 3.63) is 107 Å². The summed E-state index contributed by atoms with van der Waals surface area (Å²) in [7, 11) is 1.41. The summed E-state index contributed by atoms with van der Waals surface area (Å²) in [6.07, 6.45) is 0. The molecule has 0 aliphatic heterocycles. The predicted molar refractivity (Wildman–Crippen MR) is 98.9 cm³/mol. The van der Waals surface area contributed by atoms with E-state index < -0.39 is 0 Å². The van der Waals surface area contributed by atoms with Crippen molar-refractivity contribution in [2.75, 3.05) is 7.11 Å². The van der Waals surface area contributed by atoms with Crippen LogP contribution in [0.1, 0.15) is 44.8 Å². The number of hydrogen-bond donors (Lipinski definition) is 0. The number of esters is 1. The average molecular weight is 328 g/mol. The maximum absolute atomic E-state index is 11.7. The quantitative estimate of drug-likeness (QED) is 0.620. The van der Waals surface area contributed by atoms with Gasteiger partial charge in [0.15, 0.2) is 0 Å². The Bertz CT molecular complexity index is 808. The summed E-state index contributed by atoms with van der Waals surface area (Å²) >= 11 is 0. The van der Waals surface area contributed by atoms with Gasteiger partial charge in [-0.1, -0.05) is 72.8 Å². The zero-order chi connectivity index (χ0) is 17.2. The zero-order valence-corrected chi connectivity index (χ0v) is 14.1. The molecule has 1 fully saturated rings. The lowest BCUT2D eigenvalue weighted by Gasteiger charge is -2.03. The number of ether oxygens (including phenoxy) is 1. The summed E-state index contributed by atoms with van der Waals surface area (Å²) in [5.41, 5.74) is 4.62. The molecule has 1 aliphatic carbocycles. The summed E-state index contributed by atoms with van der Waals surface area (Å²) in [6.45, 7) is 0. The number of carbonyl (C=O) groups excluding carboxylic acids is 1. The van der Waals surface area contributed by atoms with Gasteiger partial charge in [-0.05, 0) is 46.6 Å². The van der Waals surface area contributed by atoms with E-state index in [0.29, 0.717) is 23.3 Å². The first-order valence-corrected chi connectivity index (χ1v) is 8.58. The smallest absolute Gasteiger partial charge is 0.337 e. The molecule has 0 N–H and O–H groups in total. The van der Waals surface area contributed by atoms with E-state index >= 15 is 0 Å². The molecule has 2 nitrogen and oxygen atoms in total. The van der Waals surface area contributed by atoms with Gasteiger partial charge < -0.3 is 4.74 Å². The van der Waals surface area contributed by atoms with Crippen LogP contribution in [-0.2, 0) is 4.74 Å². The number of carbonyl (C=O) groups is 1. The van der Waals surface area contributed by atoms with Crippen molar-refractivity contribution in [1.29, 1.82) is 0 Å². The lowest BCUT2D eigenvalue weighted by molar-refractivity contribution is 0.0600. The van der Waals surface area contributed by atoms with Crippen LogP contribution >= 0.6 is 0 Å². The van der Waals surface area contributed by atoms with E-state index in [-0.39, 0.29) is 5.97 Å². The first-order chi connectivity index (χ1) is 12.3. The van der Waals surface area contributed by atoms with Crippen LogP contribution in [0.4, 0.5) is 0 Å². The van der Waals surface area contributed by atoms with E-state index in [1.54, 1.807) is 0 Å². The van der Waals surface area contributed by atoms with E-state index in [4.69, 9.17) is 4.74 Å². The maximum atomic E-state index is 11.7. The van der Waals surface area contributed by atoms with Gasteiger partial charge in [-0.25, -0.2) is 4.79 Å². The molecule has 2 heteroatoms. The first-order valence-electron chi connectivity index (χ1n) is 8.58. The molecule has 3 aromatic carbocycles. The van der Waals surface area contributed by atoms with Gasteiger partial charge in [-0.15, -0.1) is 0 Å². The molecule has 0 bridgehead atoms. The molecule has 0 heterocycles. The number of methoxy groups -OCH3 is 1. The summed E-state index contributed by atoms with van der Waals surface area (Å²) in [4.78, 5) is 11.7. The van der Waals surface area contributed by atoms with Gasteiger partial charge in [-0.2, -0.15) is 0 Å². The molecular weight excluding hydrogens is 308 g/mol. The Morgan fingerprint density at radius 2 is 1.04 bits per heavy atom. The van der Waals surface area contributed by atoms with Crippen LogP contribution in [0.3, 0.4) is 0 Å². The van der Waals surface area contributed by atoms with Crippen LogP contribution in [0.2, 0.25) is 0 Å². The van der Waals surface area contributed by atoms with Crippen LogP contribution < -0.4 is 0 Å². The van der Waals surface area contributed by atoms with Crippen molar-refractivity contribution in [3.8, 4) is 0 Å². The average Bonchev–Trinajstić information content (AvgIpc) is 3.44. The van der Waals surface area contributed by atoms with Gasteiger partial charge in [0.25, 0.3) is 0 Å². The van der Waals surface area contributed by atoms with E-state index in [9.17, 15) is 4.79 Å². The molecule has 0 unspecified atom stereocenters. The van der Waals surface area contributed by atoms with Crippen LogP contribution in [0, 0.1) is 0 Å². The lowest BCUT2D eigenvalue weighted by atomic mass is 10.0. The second kappa shape index (κ2) is 6.56. The molecule has 0 radical (unpaired) electrons. The third-order valence-corrected chi connectivity index (χ3v) is 5.11. The van der Waals surface area contributed by atoms with Crippen molar-refractivity contribution < 1.29 is 9.53 Å². The first kappa shape index (κ1) is 15.6. The molecule has 0 saturated heterocycles. The van der Waals surface area contributed by atoms with E-state index in [1.807, 2.05) is 12.1 Å².